The van der Waals surface area contributed by atoms with E-state index in [0.717, 1.165) is 10.4 Å². The van der Waals surface area contributed by atoms with Gasteiger partial charge in [0.25, 0.3) is 5.91 Å². The minimum Gasteiger partial charge on any atom is -0.365 e. The monoisotopic (exact) mass is 235 g/mol. The third-order valence-corrected chi connectivity index (χ3v) is 3.27. The molecule has 0 radical (unpaired) electrons. The standard InChI is InChI=1S/C12H10FNOS/c13-9-3-1-2-8(6-9)7-10-4-5-11(16-10)12(14)15/h1-6H,7H2,(H2,14,15). The first-order valence-electron chi connectivity index (χ1n) is 4.78. The number of rotatable bonds is 3. The fourth-order valence-electron chi connectivity index (χ4n) is 1.45. The van der Waals surface area contributed by atoms with Crippen molar-refractivity contribution in [2.45, 2.75) is 6.42 Å². The second-order valence-corrected chi connectivity index (χ2v) is 4.61. The molecule has 4 heteroatoms. The second-order valence-electron chi connectivity index (χ2n) is 3.44. The molecule has 0 saturated heterocycles. The van der Waals surface area contributed by atoms with E-state index in [1.165, 1.54) is 23.5 Å². The third-order valence-electron chi connectivity index (χ3n) is 2.17. The molecule has 2 rings (SSSR count). The Morgan fingerprint density at radius 3 is 2.75 bits per heavy atom. The fraction of sp³-hybridized carbons (Fsp3) is 0.0833. The van der Waals surface area contributed by atoms with Gasteiger partial charge in [0.05, 0.1) is 4.88 Å². The molecule has 1 aromatic heterocycles. The van der Waals surface area contributed by atoms with E-state index in [2.05, 4.69) is 0 Å². The van der Waals surface area contributed by atoms with Crippen LogP contribution in [0.5, 0.6) is 0 Å². The number of carbonyl (C=O) groups excluding carboxylic acids is 1. The van der Waals surface area contributed by atoms with E-state index >= 15 is 0 Å². The number of amides is 1. The van der Waals surface area contributed by atoms with E-state index in [9.17, 15) is 9.18 Å². The van der Waals surface area contributed by atoms with Crippen LogP contribution in [0.4, 0.5) is 4.39 Å². The maximum Gasteiger partial charge on any atom is 0.258 e. The highest BCUT2D eigenvalue weighted by Crippen LogP contribution is 2.19. The van der Waals surface area contributed by atoms with Gasteiger partial charge in [-0.2, -0.15) is 0 Å². The molecular weight excluding hydrogens is 225 g/mol. The van der Waals surface area contributed by atoms with Gasteiger partial charge in [-0.15, -0.1) is 11.3 Å². The van der Waals surface area contributed by atoms with Crippen LogP contribution in [0, 0.1) is 5.82 Å². The number of benzene rings is 1. The van der Waals surface area contributed by atoms with Gasteiger partial charge in [0, 0.05) is 11.3 Å². The third kappa shape index (κ3) is 2.46. The molecule has 0 unspecified atom stereocenters. The van der Waals surface area contributed by atoms with Gasteiger partial charge in [0.1, 0.15) is 5.82 Å². The lowest BCUT2D eigenvalue weighted by molar-refractivity contribution is 0.100. The summed E-state index contributed by atoms with van der Waals surface area (Å²) in [4.78, 5) is 12.4. The summed E-state index contributed by atoms with van der Waals surface area (Å²) in [6.45, 7) is 0. The Bertz CT molecular complexity index is 521. The van der Waals surface area contributed by atoms with Crippen LogP contribution in [0.1, 0.15) is 20.1 Å². The van der Waals surface area contributed by atoms with E-state index in [1.807, 2.05) is 12.1 Å². The molecule has 1 heterocycles. The van der Waals surface area contributed by atoms with Crippen molar-refractivity contribution in [3.63, 3.8) is 0 Å². The molecule has 0 spiro atoms. The second kappa shape index (κ2) is 4.45. The predicted molar refractivity (Wildman–Crippen MR) is 62.0 cm³/mol. The van der Waals surface area contributed by atoms with Gasteiger partial charge in [0.15, 0.2) is 0 Å². The molecule has 0 aliphatic carbocycles. The Labute approximate surface area is 96.5 Å². The van der Waals surface area contributed by atoms with Crippen LogP contribution in [0.15, 0.2) is 36.4 Å². The zero-order chi connectivity index (χ0) is 11.5. The molecule has 1 amide bonds. The van der Waals surface area contributed by atoms with Crippen LogP contribution in [-0.4, -0.2) is 5.91 Å². The molecule has 1 aromatic carbocycles. The zero-order valence-electron chi connectivity index (χ0n) is 8.44. The molecule has 0 bridgehead atoms. The largest absolute Gasteiger partial charge is 0.365 e. The van der Waals surface area contributed by atoms with E-state index in [4.69, 9.17) is 5.73 Å². The number of nitrogens with two attached hydrogens (primary N) is 1. The van der Waals surface area contributed by atoms with Crippen molar-refractivity contribution in [2.24, 2.45) is 5.73 Å². The fourth-order valence-corrected chi connectivity index (χ4v) is 2.35. The van der Waals surface area contributed by atoms with Crippen molar-refractivity contribution < 1.29 is 9.18 Å². The van der Waals surface area contributed by atoms with Crippen molar-refractivity contribution in [1.82, 2.24) is 0 Å². The van der Waals surface area contributed by atoms with Gasteiger partial charge in [-0.3, -0.25) is 4.79 Å². The zero-order valence-corrected chi connectivity index (χ0v) is 9.26. The summed E-state index contributed by atoms with van der Waals surface area (Å²) in [5, 5.41) is 0. The minimum absolute atomic E-state index is 0.246. The topological polar surface area (TPSA) is 43.1 Å². The molecule has 0 atom stereocenters. The van der Waals surface area contributed by atoms with E-state index in [0.29, 0.717) is 11.3 Å². The molecular formula is C12H10FNOS. The number of carbonyl (C=O) groups is 1. The van der Waals surface area contributed by atoms with Gasteiger partial charge < -0.3 is 5.73 Å². The van der Waals surface area contributed by atoms with Crippen molar-refractivity contribution in [3.05, 3.63) is 57.5 Å². The van der Waals surface area contributed by atoms with Crippen LogP contribution in [0.25, 0.3) is 0 Å². The summed E-state index contributed by atoms with van der Waals surface area (Å²) < 4.78 is 12.9. The van der Waals surface area contributed by atoms with Gasteiger partial charge in [0.2, 0.25) is 0 Å². The van der Waals surface area contributed by atoms with Crippen molar-refractivity contribution in [2.75, 3.05) is 0 Å². The lowest BCUT2D eigenvalue weighted by Gasteiger charge is -1.98. The molecule has 2 nitrogen and oxygen atoms in total. The van der Waals surface area contributed by atoms with E-state index < -0.39 is 5.91 Å². The van der Waals surface area contributed by atoms with Crippen LogP contribution < -0.4 is 5.73 Å². The molecule has 0 aliphatic rings. The first-order valence-corrected chi connectivity index (χ1v) is 5.60. The first kappa shape index (κ1) is 10.8. The molecule has 0 fully saturated rings. The number of halogens is 1. The summed E-state index contributed by atoms with van der Waals surface area (Å²) in [5.41, 5.74) is 6.04. The Morgan fingerprint density at radius 2 is 2.12 bits per heavy atom. The number of primary amides is 1. The first-order chi connectivity index (χ1) is 7.65. The Hall–Kier alpha value is -1.68. The lowest BCUT2D eigenvalue weighted by atomic mass is 10.1. The van der Waals surface area contributed by atoms with E-state index in [-0.39, 0.29) is 5.82 Å². The Morgan fingerprint density at radius 1 is 1.31 bits per heavy atom. The maximum atomic E-state index is 12.9. The minimum atomic E-state index is -0.421. The van der Waals surface area contributed by atoms with Gasteiger partial charge in [-0.05, 0) is 29.8 Å². The van der Waals surface area contributed by atoms with Gasteiger partial charge in [-0.1, -0.05) is 12.1 Å². The number of thiophene rings is 1. The molecule has 16 heavy (non-hydrogen) atoms. The van der Waals surface area contributed by atoms with Crippen LogP contribution >= 0.6 is 11.3 Å². The summed E-state index contributed by atoms with van der Waals surface area (Å²) in [5.74, 6) is -0.667. The normalized spacial score (nSPS) is 10.3. The SMILES string of the molecule is NC(=O)c1ccc(Cc2cccc(F)c2)s1. The van der Waals surface area contributed by atoms with Crippen LogP contribution in [-0.2, 0) is 6.42 Å². The molecule has 82 valence electrons. The van der Waals surface area contributed by atoms with Crippen molar-refractivity contribution in [1.29, 1.82) is 0 Å². The van der Waals surface area contributed by atoms with Gasteiger partial charge >= 0.3 is 0 Å². The summed E-state index contributed by atoms with van der Waals surface area (Å²) >= 11 is 1.34. The molecule has 0 aliphatic heterocycles. The Balaban J connectivity index is 2.17. The average molecular weight is 235 g/mol. The quantitative estimate of drug-likeness (QED) is 0.873. The maximum absolute atomic E-state index is 12.9. The predicted octanol–water partition coefficient (Wildman–Crippen LogP) is 2.58. The number of hydrogen-bond donors (Lipinski definition) is 1. The van der Waals surface area contributed by atoms with Crippen molar-refractivity contribution >= 4 is 17.2 Å². The highest BCUT2D eigenvalue weighted by molar-refractivity contribution is 7.14. The Kier molecular flexibility index (Phi) is 3.01. The highest BCUT2D eigenvalue weighted by atomic mass is 32.1. The molecule has 2 aromatic rings. The molecule has 0 saturated carbocycles. The number of hydrogen-bond acceptors (Lipinski definition) is 2. The highest BCUT2D eigenvalue weighted by Gasteiger charge is 2.05. The summed E-state index contributed by atoms with van der Waals surface area (Å²) in [6, 6.07) is 9.97. The molecule has 2 N–H and O–H groups in total. The van der Waals surface area contributed by atoms with Crippen LogP contribution in [0.3, 0.4) is 0 Å². The lowest BCUT2D eigenvalue weighted by Crippen LogP contribution is -2.08. The van der Waals surface area contributed by atoms with Crippen LogP contribution in [0.2, 0.25) is 0 Å². The van der Waals surface area contributed by atoms with Crippen molar-refractivity contribution in [3.8, 4) is 0 Å². The average Bonchev–Trinajstić information content (AvgIpc) is 2.66. The summed E-state index contributed by atoms with van der Waals surface area (Å²) in [7, 11) is 0. The smallest absolute Gasteiger partial charge is 0.258 e. The van der Waals surface area contributed by atoms with Gasteiger partial charge in [-0.25, -0.2) is 4.39 Å². The summed E-state index contributed by atoms with van der Waals surface area (Å²) in [6.07, 6.45) is 0.621. The van der Waals surface area contributed by atoms with E-state index in [1.54, 1.807) is 12.1 Å².